The standard InChI is InChI=1S/C24H32N2O3S/c1-4-24-14-6-5-7-21(24)23(15-17-8-11-19(29-3)16-22(17)24)26(2)30(27,28)20-12-9-18(25)10-13-20/h8-13,16,21,23H,4-7,14-15,25H2,1-3H3/t21-,23+,24-/m1/s1. The van der Waals surface area contributed by atoms with Gasteiger partial charge < -0.3 is 10.5 Å². The topological polar surface area (TPSA) is 72.6 Å². The predicted octanol–water partition coefficient (Wildman–Crippen LogP) is 4.36. The van der Waals surface area contributed by atoms with Gasteiger partial charge in [0, 0.05) is 18.8 Å². The number of ether oxygens (including phenoxy) is 1. The van der Waals surface area contributed by atoms with Gasteiger partial charge in [-0.25, -0.2) is 8.42 Å². The second-order valence-electron chi connectivity index (χ2n) is 8.75. The Hall–Kier alpha value is -2.05. The fourth-order valence-electron chi connectivity index (χ4n) is 5.85. The van der Waals surface area contributed by atoms with Gasteiger partial charge in [0.1, 0.15) is 5.75 Å². The van der Waals surface area contributed by atoms with Crippen LogP contribution < -0.4 is 10.5 Å². The first-order valence-electron chi connectivity index (χ1n) is 10.8. The van der Waals surface area contributed by atoms with Gasteiger partial charge in [0.25, 0.3) is 0 Å². The number of fused-ring (bicyclic) bond motifs is 3. The molecule has 0 heterocycles. The molecule has 2 aliphatic rings. The van der Waals surface area contributed by atoms with Gasteiger partial charge >= 0.3 is 0 Å². The van der Waals surface area contributed by atoms with E-state index in [0.717, 1.165) is 37.9 Å². The number of hydrogen-bond donors (Lipinski definition) is 1. The van der Waals surface area contributed by atoms with Crippen molar-refractivity contribution in [2.24, 2.45) is 5.92 Å². The minimum atomic E-state index is -3.60. The third-order valence-electron chi connectivity index (χ3n) is 7.50. The molecule has 6 heteroatoms. The van der Waals surface area contributed by atoms with Gasteiger partial charge in [-0.15, -0.1) is 0 Å². The highest BCUT2D eigenvalue weighted by Gasteiger charge is 2.51. The summed E-state index contributed by atoms with van der Waals surface area (Å²) >= 11 is 0. The molecule has 0 bridgehead atoms. The Kier molecular flexibility index (Phi) is 5.58. The van der Waals surface area contributed by atoms with Crippen molar-refractivity contribution in [3.63, 3.8) is 0 Å². The summed E-state index contributed by atoms with van der Waals surface area (Å²) in [5, 5.41) is 0. The Labute approximate surface area is 180 Å². The number of methoxy groups -OCH3 is 1. The number of nitrogens with two attached hydrogens (primary N) is 1. The van der Waals surface area contributed by atoms with Crippen LogP contribution in [0.3, 0.4) is 0 Å². The molecule has 1 saturated carbocycles. The highest BCUT2D eigenvalue weighted by Crippen LogP contribution is 2.54. The molecular weight excluding hydrogens is 396 g/mol. The Bertz CT molecular complexity index is 1020. The van der Waals surface area contributed by atoms with Crippen molar-refractivity contribution >= 4 is 15.7 Å². The van der Waals surface area contributed by atoms with Gasteiger partial charge in [0.05, 0.1) is 12.0 Å². The third-order valence-corrected chi connectivity index (χ3v) is 9.40. The molecule has 2 aromatic carbocycles. The highest BCUT2D eigenvalue weighted by atomic mass is 32.2. The fraction of sp³-hybridized carbons (Fsp3) is 0.500. The van der Waals surface area contributed by atoms with Crippen LogP contribution in [0.5, 0.6) is 5.75 Å². The van der Waals surface area contributed by atoms with Crippen LogP contribution in [0, 0.1) is 5.92 Å². The molecule has 4 rings (SSSR count). The van der Waals surface area contributed by atoms with E-state index in [1.807, 2.05) is 6.07 Å². The molecule has 2 aromatic rings. The summed E-state index contributed by atoms with van der Waals surface area (Å²) < 4.78 is 34.1. The van der Waals surface area contributed by atoms with Crippen LogP contribution in [0.1, 0.15) is 50.2 Å². The molecule has 3 atom stereocenters. The van der Waals surface area contributed by atoms with E-state index in [-0.39, 0.29) is 11.5 Å². The van der Waals surface area contributed by atoms with Gasteiger partial charge in [0.15, 0.2) is 0 Å². The van der Waals surface area contributed by atoms with Crippen molar-refractivity contribution in [1.82, 2.24) is 4.31 Å². The number of nitrogens with zero attached hydrogens (tertiary/aromatic N) is 1. The summed E-state index contributed by atoms with van der Waals surface area (Å²) in [6.45, 7) is 2.25. The first-order valence-corrected chi connectivity index (χ1v) is 12.3. The number of nitrogen functional groups attached to an aromatic ring is 1. The lowest BCUT2D eigenvalue weighted by molar-refractivity contribution is 0.0894. The van der Waals surface area contributed by atoms with Gasteiger partial charge in [-0.3, -0.25) is 0 Å². The van der Waals surface area contributed by atoms with Crippen molar-refractivity contribution in [3.8, 4) is 5.75 Å². The summed E-state index contributed by atoms with van der Waals surface area (Å²) in [6.07, 6.45) is 6.22. The van der Waals surface area contributed by atoms with Crippen LogP contribution in [0.15, 0.2) is 47.4 Å². The lowest BCUT2D eigenvalue weighted by Gasteiger charge is -2.53. The molecule has 30 heavy (non-hydrogen) atoms. The second-order valence-corrected chi connectivity index (χ2v) is 10.7. The molecule has 2 aliphatic carbocycles. The van der Waals surface area contributed by atoms with E-state index in [4.69, 9.17) is 10.5 Å². The summed E-state index contributed by atoms with van der Waals surface area (Å²) in [5.41, 5.74) is 8.94. The second kappa shape index (κ2) is 7.89. The molecule has 0 radical (unpaired) electrons. The largest absolute Gasteiger partial charge is 0.497 e. The minimum Gasteiger partial charge on any atom is -0.497 e. The zero-order chi connectivity index (χ0) is 21.5. The van der Waals surface area contributed by atoms with E-state index in [2.05, 4.69) is 19.1 Å². The van der Waals surface area contributed by atoms with Crippen LogP contribution in [0.2, 0.25) is 0 Å². The van der Waals surface area contributed by atoms with E-state index >= 15 is 0 Å². The van der Waals surface area contributed by atoms with E-state index in [9.17, 15) is 8.42 Å². The predicted molar refractivity (Wildman–Crippen MR) is 120 cm³/mol. The fourth-order valence-corrected chi connectivity index (χ4v) is 7.24. The number of anilines is 1. The molecule has 0 saturated heterocycles. The summed E-state index contributed by atoms with van der Waals surface area (Å²) in [7, 11) is -0.148. The summed E-state index contributed by atoms with van der Waals surface area (Å²) in [6, 6.07) is 12.8. The normalized spacial score (nSPS) is 26.1. The van der Waals surface area contributed by atoms with Crippen molar-refractivity contribution < 1.29 is 13.2 Å². The minimum absolute atomic E-state index is 0.00403. The SMILES string of the molecule is CC[C@@]12CCCC[C@@H]1[C@@H](N(C)S(=O)(=O)c1ccc(N)cc1)Cc1ccc(OC)cc12. The van der Waals surface area contributed by atoms with Gasteiger partial charge in [-0.05, 0) is 84.5 Å². The quantitative estimate of drug-likeness (QED) is 0.718. The average Bonchev–Trinajstić information content (AvgIpc) is 2.77. The van der Waals surface area contributed by atoms with Crippen molar-refractivity contribution in [2.75, 3.05) is 19.9 Å². The molecule has 0 aromatic heterocycles. The van der Waals surface area contributed by atoms with Crippen LogP contribution in [0.25, 0.3) is 0 Å². The Balaban J connectivity index is 1.79. The van der Waals surface area contributed by atoms with Crippen molar-refractivity contribution in [1.29, 1.82) is 0 Å². The molecule has 162 valence electrons. The van der Waals surface area contributed by atoms with Crippen LogP contribution in [-0.2, 0) is 21.9 Å². The van der Waals surface area contributed by atoms with Crippen LogP contribution in [-0.4, -0.2) is 32.9 Å². The van der Waals surface area contributed by atoms with Crippen molar-refractivity contribution in [2.45, 2.75) is 61.8 Å². The highest BCUT2D eigenvalue weighted by molar-refractivity contribution is 7.89. The molecule has 0 unspecified atom stereocenters. The molecule has 2 N–H and O–H groups in total. The maximum atomic E-state index is 13.5. The average molecular weight is 429 g/mol. The molecule has 5 nitrogen and oxygen atoms in total. The monoisotopic (exact) mass is 428 g/mol. The maximum Gasteiger partial charge on any atom is 0.243 e. The van der Waals surface area contributed by atoms with Crippen LogP contribution in [0.4, 0.5) is 5.69 Å². The van der Waals surface area contributed by atoms with Gasteiger partial charge in [-0.1, -0.05) is 25.8 Å². The molecular formula is C24H32N2O3S. The summed E-state index contributed by atoms with van der Waals surface area (Å²) in [4.78, 5) is 0.303. The zero-order valence-corrected chi connectivity index (χ0v) is 18.9. The molecule has 1 fully saturated rings. The van der Waals surface area contributed by atoms with E-state index in [1.165, 1.54) is 17.5 Å². The Morgan fingerprint density at radius 2 is 1.90 bits per heavy atom. The number of hydrogen-bond acceptors (Lipinski definition) is 4. The zero-order valence-electron chi connectivity index (χ0n) is 18.1. The molecule has 0 spiro atoms. The Morgan fingerprint density at radius 3 is 2.57 bits per heavy atom. The summed E-state index contributed by atoms with van der Waals surface area (Å²) in [5.74, 6) is 1.18. The van der Waals surface area contributed by atoms with Gasteiger partial charge in [-0.2, -0.15) is 4.31 Å². The van der Waals surface area contributed by atoms with Crippen molar-refractivity contribution in [3.05, 3.63) is 53.6 Å². The van der Waals surface area contributed by atoms with E-state index < -0.39 is 10.0 Å². The number of benzene rings is 2. The number of sulfonamides is 1. The first-order chi connectivity index (χ1) is 14.3. The van der Waals surface area contributed by atoms with E-state index in [0.29, 0.717) is 16.5 Å². The smallest absolute Gasteiger partial charge is 0.243 e. The Morgan fingerprint density at radius 1 is 1.17 bits per heavy atom. The molecule has 0 amide bonds. The lowest BCUT2D eigenvalue weighted by atomic mass is 9.54. The maximum absolute atomic E-state index is 13.5. The van der Waals surface area contributed by atoms with E-state index in [1.54, 1.807) is 42.7 Å². The van der Waals surface area contributed by atoms with Crippen LogP contribution >= 0.6 is 0 Å². The first kappa shape index (κ1) is 21.2. The number of rotatable bonds is 5. The third kappa shape index (κ3) is 3.30. The number of likely N-dealkylation sites (N-methyl/N-ethyl adjacent to an activating group) is 1. The van der Waals surface area contributed by atoms with Gasteiger partial charge in [0.2, 0.25) is 10.0 Å². The molecule has 0 aliphatic heterocycles. The lowest BCUT2D eigenvalue weighted by Crippen LogP contribution is -2.55.